The molecule has 0 aliphatic carbocycles. The van der Waals surface area contributed by atoms with E-state index in [0.29, 0.717) is 32.2 Å². The molecule has 2 N–H and O–H groups in total. The lowest BCUT2D eigenvalue weighted by molar-refractivity contribution is -0.177. The van der Waals surface area contributed by atoms with Crippen LogP contribution in [0.15, 0.2) is 12.3 Å². The minimum Gasteiger partial charge on any atom is -0.503 e. The highest BCUT2D eigenvalue weighted by atomic mass is 16.6. The standard InChI is InChI=1S/C24H38N2O8/c1-14(2)11-32-19-8-10-31-13-17(24(29)34-16(5)22(19)33-12-15(3)4)26-23(28)20-21(27)18(30-6)7-9-25-20/h7,9,14-17,19,22,27H,8,10-13H2,1-6H3,(H,26,28)/t16-,17-,19-,22-/m0/s1. The molecular formula is C24H38N2O8. The number of aromatic nitrogens is 1. The zero-order chi connectivity index (χ0) is 25.3. The fraction of sp³-hybridized carbons (Fsp3) is 0.708. The van der Waals surface area contributed by atoms with Crippen LogP contribution in [-0.4, -0.2) is 79.9 Å². The molecule has 1 amide bonds. The van der Waals surface area contributed by atoms with Crippen molar-refractivity contribution in [2.24, 2.45) is 11.8 Å². The molecule has 0 aromatic carbocycles. The molecule has 1 aliphatic heterocycles. The van der Waals surface area contributed by atoms with Gasteiger partial charge >= 0.3 is 5.97 Å². The van der Waals surface area contributed by atoms with E-state index in [1.807, 2.05) is 13.8 Å². The first kappa shape index (κ1) is 27.8. The normalized spacial score (nSPS) is 24.1. The van der Waals surface area contributed by atoms with Crippen molar-refractivity contribution in [2.45, 2.75) is 65.4 Å². The van der Waals surface area contributed by atoms with Gasteiger partial charge in [0.05, 0.1) is 19.8 Å². The van der Waals surface area contributed by atoms with Crippen LogP contribution in [0.3, 0.4) is 0 Å². The van der Waals surface area contributed by atoms with Gasteiger partial charge in [-0.15, -0.1) is 0 Å². The Hall–Kier alpha value is -2.43. The van der Waals surface area contributed by atoms with E-state index in [1.54, 1.807) is 6.92 Å². The third kappa shape index (κ3) is 8.11. The summed E-state index contributed by atoms with van der Waals surface area (Å²) >= 11 is 0. The molecule has 0 bridgehead atoms. The van der Waals surface area contributed by atoms with Crippen molar-refractivity contribution in [3.05, 3.63) is 18.0 Å². The van der Waals surface area contributed by atoms with E-state index in [1.165, 1.54) is 19.4 Å². The smallest absolute Gasteiger partial charge is 0.331 e. The summed E-state index contributed by atoms with van der Waals surface area (Å²) in [5.74, 6) is -1.13. The van der Waals surface area contributed by atoms with Crippen LogP contribution in [0.2, 0.25) is 0 Å². The molecule has 0 unspecified atom stereocenters. The van der Waals surface area contributed by atoms with Crippen LogP contribution >= 0.6 is 0 Å². The first-order valence-corrected chi connectivity index (χ1v) is 11.7. The number of carbonyl (C=O) groups excluding carboxylic acids is 2. The van der Waals surface area contributed by atoms with Crippen LogP contribution in [0.5, 0.6) is 11.5 Å². The topological polar surface area (TPSA) is 125 Å². The van der Waals surface area contributed by atoms with Gasteiger partial charge in [0.25, 0.3) is 5.91 Å². The van der Waals surface area contributed by atoms with Gasteiger partial charge in [0.1, 0.15) is 12.2 Å². The summed E-state index contributed by atoms with van der Waals surface area (Å²) in [7, 11) is 1.36. The second kappa shape index (κ2) is 13.5. The molecular weight excluding hydrogens is 444 g/mol. The van der Waals surface area contributed by atoms with Crippen molar-refractivity contribution < 1.29 is 38.4 Å². The molecule has 192 valence electrons. The number of cyclic esters (lactones) is 1. The minimum atomic E-state index is -1.10. The fourth-order valence-electron chi connectivity index (χ4n) is 3.40. The lowest BCUT2D eigenvalue weighted by Crippen LogP contribution is -2.50. The zero-order valence-electron chi connectivity index (χ0n) is 20.9. The van der Waals surface area contributed by atoms with Gasteiger partial charge in [-0.05, 0) is 25.2 Å². The number of rotatable bonds is 9. The van der Waals surface area contributed by atoms with Crippen molar-refractivity contribution >= 4 is 11.9 Å². The molecule has 1 aliphatic rings. The van der Waals surface area contributed by atoms with Gasteiger partial charge in [-0.2, -0.15) is 0 Å². The Bertz CT molecular complexity index is 801. The Morgan fingerprint density at radius 2 is 1.91 bits per heavy atom. The highest BCUT2D eigenvalue weighted by Crippen LogP contribution is 2.27. The van der Waals surface area contributed by atoms with Gasteiger partial charge < -0.3 is 34.1 Å². The van der Waals surface area contributed by atoms with Crippen molar-refractivity contribution in [1.82, 2.24) is 10.3 Å². The number of ether oxygens (including phenoxy) is 5. The number of carbonyl (C=O) groups is 2. The maximum atomic E-state index is 13.0. The van der Waals surface area contributed by atoms with Gasteiger partial charge in [0.15, 0.2) is 23.2 Å². The predicted octanol–water partition coefficient (Wildman–Crippen LogP) is 2.33. The summed E-state index contributed by atoms with van der Waals surface area (Å²) in [5, 5.41) is 12.8. The van der Waals surface area contributed by atoms with Crippen molar-refractivity contribution in [1.29, 1.82) is 0 Å². The van der Waals surface area contributed by atoms with E-state index in [4.69, 9.17) is 23.7 Å². The molecule has 34 heavy (non-hydrogen) atoms. The first-order chi connectivity index (χ1) is 16.1. The third-order valence-electron chi connectivity index (χ3n) is 5.14. The van der Waals surface area contributed by atoms with Crippen LogP contribution < -0.4 is 10.1 Å². The van der Waals surface area contributed by atoms with Gasteiger partial charge in [0.2, 0.25) is 0 Å². The number of esters is 1. The number of aromatic hydroxyl groups is 1. The van der Waals surface area contributed by atoms with Crippen molar-refractivity contribution in [2.75, 3.05) is 33.5 Å². The van der Waals surface area contributed by atoms with Gasteiger partial charge in [-0.1, -0.05) is 27.7 Å². The first-order valence-electron chi connectivity index (χ1n) is 11.7. The predicted molar refractivity (Wildman–Crippen MR) is 124 cm³/mol. The maximum Gasteiger partial charge on any atom is 0.331 e. The van der Waals surface area contributed by atoms with E-state index >= 15 is 0 Å². The monoisotopic (exact) mass is 482 g/mol. The van der Waals surface area contributed by atoms with Gasteiger partial charge in [-0.3, -0.25) is 4.79 Å². The number of pyridine rings is 1. The Kier molecular flexibility index (Phi) is 11.0. The van der Waals surface area contributed by atoms with Gasteiger partial charge in [-0.25, -0.2) is 9.78 Å². The Morgan fingerprint density at radius 3 is 2.56 bits per heavy atom. The Labute approximate surface area is 201 Å². The van der Waals surface area contributed by atoms with Crippen LogP contribution in [-0.2, 0) is 23.7 Å². The molecule has 1 fully saturated rings. The third-order valence-corrected chi connectivity index (χ3v) is 5.14. The maximum absolute atomic E-state index is 13.0. The molecule has 4 atom stereocenters. The molecule has 1 saturated heterocycles. The van der Waals surface area contributed by atoms with E-state index in [0.717, 1.165) is 0 Å². The Morgan fingerprint density at radius 1 is 1.24 bits per heavy atom. The molecule has 2 rings (SSSR count). The number of amides is 1. The van der Waals surface area contributed by atoms with Crippen molar-refractivity contribution in [3.63, 3.8) is 0 Å². The van der Waals surface area contributed by atoms with Crippen LogP contribution in [0.25, 0.3) is 0 Å². The average Bonchev–Trinajstić information content (AvgIpc) is 2.77. The summed E-state index contributed by atoms with van der Waals surface area (Å²) in [5.41, 5.74) is -0.266. The average molecular weight is 483 g/mol. The number of methoxy groups -OCH3 is 1. The van der Waals surface area contributed by atoms with E-state index in [-0.39, 0.29) is 30.1 Å². The number of nitrogens with zero attached hydrogens (tertiary/aromatic N) is 1. The van der Waals surface area contributed by atoms with Crippen LogP contribution in [0, 0.1) is 11.8 Å². The van der Waals surface area contributed by atoms with E-state index in [9.17, 15) is 14.7 Å². The summed E-state index contributed by atoms with van der Waals surface area (Å²) in [6.45, 7) is 11.2. The van der Waals surface area contributed by atoms with Gasteiger partial charge in [0, 0.05) is 32.1 Å². The summed E-state index contributed by atoms with van der Waals surface area (Å²) in [6.07, 6.45) is 0.437. The largest absolute Gasteiger partial charge is 0.503 e. The molecule has 1 aromatic rings. The second-order valence-corrected chi connectivity index (χ2v) is 9.20. The highest BCUT2D eigenvalue weighted by Gasteiger charge is 2.35. The second-order valence-electron chi connectivity index (χ2n) is 9.20. The number of nitrogens with one attached hydrogen (secondary N) is 1. The minimum absolute atomic E-state index is 0.0936. The lowest BCUT2D eigenvalue weighted by atomic mass is 10.0. The summed E-state index contributed by atoms with van der Waals surface area (Å²) in [6, 6.07) is 0.324. The molecule has 0 radical (unpaired) electrons. The molecule has 10 nitrogen and oxygen atoms in total. The Balaban J connectivity index is 2.16. The van der Waals surface area contributed by atoms with E-state index in [2.05, 4.69) is 24.1 Å². The molecule has 10 heteroatoms. The quantitative estimate of drug-likeness (QED) is 0.510. The van der Waals surface area contributed by atoms with Crippen molar-refractivity contribution in [3.8, 4) is 11.5 Å². The zero-order valence-corrected chi connectivity index (χ0v) is 20.9. The molecule has 1 aromatic heterocycles. The molecule has 0 spiro atoms. The fourth-order valence-corrected chi connectivity index (χ4v) is 3.40. The SMILES string of the molecule is COc1ccnc(C(=O)N[C@H]2COCC[C@H](OCC(C)C)[C@@H](OCC(C)C)[C@H](C)OC2=O)c1O. The number of hydrogen-bond donors (Lipinski definition) is 2. The molecule has 2 heterocycles. The van der Waals surface area contributed by atoms with Crippen LogP contribution in [0.1, 0.15) is 51.5 Å². The van der Waals surface area contributed by atoms with Crippen LogP contribution in [0.4, 0.5) is 0 Å². The summed E-state index contributed by atoms with van der Waals surface area (Å²) in [4.78, 5) is 29.6. The summed E-state index contributed by atoms with van der Waals surface area (Å²) < 4.78 is 28.6. The molecule has 0 saturated carbocycles. The highest BCUT2D eigenvalue weighted by molar-refractivity contribution is 5.98. The van der Waals surface area contributed by atoms with E-state index < -0.39 is 35.9 Å². The lowest BCUT2D eigenvalue weighted by Gasteiger charge is -2.34. The number of hydrogen-bond acceptors (Lipinski definition) is 9.